The lowest BCUT2D eigenvalue weighted by Gasteiger charge is -2.32. The van der Waals surface area contributed by atoms with Crippen molar-refractivity contribution in [1.29, 1.82) is 0 Å². The van der Waals surface area contributed by atoms with Crippen molar-refractivity contribution in [3.05, 3.63) is 54.1 Å². The fourth-order valence-corrected chi connectivity index (χ4v) is 3.29. The van der Waals surface area contributed by atoms with Crippen molar-refractivity contribution in [2.24, 2.45) is 0 Å². The average molecular weight is 395 g/mol. The van der Waals surface area contributed by atoms with Gasteiger partial charge in [-0.15, -0.1) is 0 Å². The highest BCUT2D eigenvalue weighted by Crippen LogP contribution is 2.33. The summed E-state index contributed by atoms with van der Waals surface area (Å²) < 4.78 is 5.59. The van der Waals surface area contributed by atoms with Gasteiger partial charge in [0, 0.05) is 24.3 Å². The van der Waals surface area contributed by atoms with Crippen LogP contribution in [0, 0.1) is 0 Å². The van der Waals surface area contributed by atoms with Crippen LogP contribution in [-0.2, 0) is 9.59 Å². The number of rotatable bonds is 6. The lowest BCUT2D eigenvalue weighted by molar-refractivity contribution is -0.127. The van der Waals surface area contributed by atoms with Crippen LogP contribution in [0.2, 0.25) is 0 Å². The van der Waals surface area contributed by atoms with Crippen LogP contribution in [0.1, 0.15) is 31.1 Å². The quantitative estimate of drug-likeness (QED) is 0.816. The average Bonchev–Trinajstić information content (AvgIpc) is 2.72. The second-order valence-electron chi connectivity index (χ2n) is 6.76. The number of benzene rings is 2. The second kappa shape index (κ2) is 8.77. The molecule has 29 heavy (non-hydrogen) atoms. The zero-order chi connectivity index (χ0) is 21.0. The molecule has 1 aliphatic heterocycles. The number of nitrogens with one attached hydrogen (secondary N) is 1. The third kappa shape index (κ3) is 4.39. The first-order valence-corrected chi connectivity index (χ1v) is 9.70. The normalized spacial score (nSPS) is 15.3. The molecule has 7 heteroatoms. The van der Waals surface area contributed by atoms with Gasteiger partial charge < -0.3 is 15.0 Å². The summed E-state index contributed by atoms with van der Waals surface area (Å²) in [5.41, 5.74) is 1.58. The summed E-state index contributed by atoms with van der Waals surface area (Å²) in [6.07, 6.45) is -0.660. The number of para-hydroxylation sites is 2. The number of fused-ring (bicyclic) bond motifs is 1. The predicted octanol–water partition coefficient (Wildman–Crippen LogP) is 2.92. The van der Waals surface area contributed by atoms with Crippen LogP contribution in [-0.4, -0.2) is 48.4 Å². The highest BCUT2D eigenvalue weighted by Gasteiger charge is 2.32. The van der Waals surface area contributed by atoms with Crippen LogP contribution in [0.4, 0.5) is 11.4 Å². The molecule has 7 nitrogen and oxygen atoms in total. The van der Waals surface area contributed by atoms with Gasteiger partial charge in [-0.1, -0.05) is 18.2 Å². The Balaban J connectivity index is 1.74. The Morgan fingerprint density at radius 1 is 1.10 bits per heavy atom. The number of hydrogen-bond donors (Lipinski definition) is 1. The maximum atomic E-state index is 12.6. The monoisotopic (exact) mass is 395 g/mol. The Labute approximate surface area is 170 Å². The molecule has 1 N–H and O–H groups in total. The van der Waals surface area contributed by atoms with E-state index >= 15 is 0 Å². The van der Waals surface area contributed by atoms with E-state index in [9.17, 15) is 14.4 Å². The maximum absolute atomic E-state index is 12.6. The summed E-state index contributed by atoms with van der Waals surface area (Å²) in [6.45, 7) is 6.59. The van der Waals surface area contributed by atoms with Crippen LogP contribution in [0.15, 0.2) is 48.5 Å². The predicted molar refractivity (Wildman–Crippen MR) is 111 cm³/mol. The van der Waals surface area contributed by atoms with E-state index in [0.29, 0.717) is 35.8 Å². The van der Waals surface area contributed by atoms with E-state index in [-0.39, 0.29) is 24.3 Å². The number of nitrogens with zero attached hydrogens (tertiary/aromatic N) is 2. The third-order valence-corrected chi connectivity index (χ3v) is 4.82. The van der Waals surface area contributed by atoms with E-state index in [4.69, 9.17) is 4.74 Å². The van der Waals surface area contributed by atoms with E-state index in [2.05, 4.69) is 5.32 Å². The summed E-state index contributed by atoms with van der Waals surface area (Å²) >= 11 is 0. The largest absolute Gasteiger partial charge is 0.479 e. The van der Waals surface area contributed by atoms with Crippen LogP contribution < -0.4 is 15.0 Å². The maximum Gasteiger partial charge on any atom is 0.268 e. The van der Waals surface area contributed by atoms with Crippen molar-refractivity contribution in [3.8, 4) is 5.75 Å². The molecule has 2 aromatic rings. The number of amides is 3. The molecule has 152 valence electrons. The molecule has 0 saturated carbocycles. The molecule has 3 amide bonds. The summed E-state index contributed by atoms with van der Waals surface area (Å²) in [7, 11) is 0. The highest BCUT2D eigenvalue weighted by molar-refractivity contribution is 6.06. The van der Waals surface area contributed by atoms with Gasteiger partial charge in [-0.3, -0.25) is 19.3 Å². The van der Waals surface area contributed by atoms with Gasteiger partial charge in [0.25, 0.3) is 11.8 Å². The van der Waals surface area contributed by atoms with Crippen LogP contribution in [0.25, 0.3) is 0 Å². The third-order valence-electron chi connectivity index (χ3n) is 4.82. The molecule has 1 heterocycles. The first-order chi connectivity index (χ1) is 13.9. The smallest absolute Gasteiger partial charge is 0.268 e. The Morgan fingerprint density at radius 3 is 2.55 bits per heavy atom. The Bertz CT molecular complexity index is 924. The van der Waals surface area contributed by atoms with Gasteiger partial charge >= 0.3 is 0 Å². The van der Waals surface area contributed by atoms with Gasteiger partial charge in [-0.2, -0.15) is 0 Å². The van der Waals surface area contributed by atoms with Crippen molar-refractivity contribution in [2.75, 3.05) is 29.9 Å². The van der Waals surface area contributed by atoms with Crippen molar-refractivity contribution in [3.63, 3.8) is 0 Å². The van der Waals surface area contributed by atoms with Crippen LogP contribution >= 0.6 is 0 Å². The molecule has 0 spiro atoms. The molecule has 0 aliphatic carbocycles. The van der Waals surface area contributed by atoms with Crippen molar-refractivity contribution >= 4 is 29.1 Å². The fourth-order valence-electron chi connectivity index (χ4n) is 3.29. The Morgan fingerprint density at radius 2 is 1.83 bits per heavy atom. The molecular formula is C22H25N3O4. The minimum atomic E-state index is -0.660. The number of hydrogen-bond acceptors (Lipinski definition) is 4. The lowest BCUT2D eigenvalue weighted by atomic mass is 10.1. The molecule has 0 bridgehead atoms. The van der Waals surface area contributed by atoms with Crippen LogP contribution in [0.5, 0.6) is 5.75 Å². The van der Waals surface area contributed by atoms with Crippen molar-refractivity contribution in [2.45, 2.75) is 26.9 Å². The SMILES string of the molecule is CCN(CC)C(=O)c1cccc(NC(=O)CN2C(=O)[C@H](C)Oc3ccccc32)c1. The van der Waals surface area contributed by atoms with E-state index in [1.54, 1.807) is 54.3 Å². The molecule has 2 aromatic carbocycles. The first kappa shape index (κ1) is 20.4. The summed E-state index contributed by atoms with van der Waals surface area (Å²) in [4.78, 5) is 40.8. The lowest BCUT2D eigenvalue weighted by Crippen LogP contribution is -2.47. The summed E-state index contributed by atoms with van der Waals surface area (Å²) in [5, 5.41) is 2.78. The van der Waals surface area contributed by atoms with Crippen molar-refractivity contribution < 1.29 is 19.1 Å². The highest BCUT2D eigenvalue weighted by atomic mass is 16.5. The summed E-state index contributed by atoms with van der Waals surface area (Å²) in [5.74, 6) is -0.143. The van der Waals surface area contributed by atoms with Gasteiger partial charge in [-0.25, -0.2) is 0 Å². The zero-order valence-corrected chi connectivity index (χ0v) is 16.8. The number of anilines is 2. The molecule has 3 rings (SSSR count). The first-order valence-electron chi connectivity index (χ1n) is 9.70. The molecule has 0 radical (unpaired) electrons. The molecule has 0 fully saturated rings. The van der Waals surface area contributed by atoms with Gasteiger partial charge in [0.15, 0.2) is 6.10 Å². The van der Waals surface area contributed by atoms with Crippen LogP contribution in [0.3, 0.4) is 0 Å². The summed E-state index contributed by atoms with van der Waals surface area (Å²) in [6, 6.07) is 13.9. The molecule has 0 saturated heterocycles. The number of carbonyl (C=O) groups is 3. The molecule has 1 aliphatic rings. The molecule has 1 atom stereocenters. The minimum absolute atomic E-state index is 0.0859. The topological polar surface area (TPSA) is 79.0 Å². The molecule has 0 aromatic heterocycles. The molecule has 0 unspecified atom stereocenters. The van der Waals surface area contributed by atoms with Gasteiger partial charge in [0.1, 0.15) is 12.3 Å². The van der Waals surface area contributed by atoms with E-state index in [1.165, 1.54) is 4.90 Å². The number of ether oxygens (including phenoxy) is 1. The molecular weight excluding hydrogens is 370 g/mol. The van der Waals surface area contributed by atoms with Gasteiger partial charge in [-0.05, 0) is 51.1 Å². The Hall–Kier alpha value is -3.35. The zero-order valence-electron chi connectivity index (χ0n) is 16.8. The number of carbonyl (C=O) groups excluding carboxylic acids is 3. The fraction of sp³-hybridized carbons (Fsp3) is 0.318. The standard InChI is InChI=1S/C22H25N3O4/c1-4-24(5-2)22(28)16-9-8-10-17(13-16)23-20(26)14-25-18-11-6-7-12-19(18)29-15(3)21(25)27/h6-13,15H,4-5,14H2,1-3H3,(H,23,26)/t15-/m0/s1. The van der Waals surface area contributed by atoms with E-state index < -0.39 is 6.10 Å². The van der Waals surface area contributed by atoms with E-state index in [1.807, 2.05) is 19.9 Å². The second-order valence-corrected chi connectivity index (χ2v) is 6.76. The minimum Gasteiger partial charge on any atom is -0.479 e. The van der Waals surface area contributed by atoms with E-state index in [0.717, 1.165) is 0 Å². The van der Waals surface area contributed by atoms with Gasteiger partial charge in [0.2, 0.25) is 5.91 Å². The Kier molecular flexibility index (Phi) is 6.16. The van der Waals surface area contributed by atoms with Crippen molar-refractivity contribution in [1.82, 2.24) is 4.90 Å². The van der Waals surface area contributed by atoms with Gasteiger partial charge in [0.05, 0.1) is 5.69 Å².